The monoisotopic (exact) mass is 679 g/mol. The lowest BCUT2D eigenvalue weighted by Crippen LogP contribution is -2.41. The summed E-state index contributed by atoms with van der Waals surface area (Å²) >= 11 is 0. The normalized spacial score (nSPS) is 18.3. The lowest BCUT2D eigenvalue weighted by Gasteiger charge is -2.27. The van der Waals surface area contributed by atoms with Gasteiger partial charge in [-0.3, -0.25) is 9.59 Å². The number of amides is 2. The van der Waals surface area contributed by atoms with E-state index in [0.717, 1.165) is 25.7 Å². The molecule has 2 N–H and O–H groups in total. The van der Waals surface area contributed by atoms with Crippen LogP contribution in [0, 0.1) is 5.92 Å². The number of carbonyl (C=O) groups excluding carboxylic acids is 2. The number of likely N-dealkylation sites (tertiary alicyclic amines) is 2. The van der Waals surface area contributed by atoms with E-state index in [1.807, 2.05) is 0 Å². The third-order valence-electron chi connectivity index (χ3n) is 10.4. The molecule has 2 saturated heterocycles. The van der Waals surface area contributed by atoms with E-state index in [-0.39, 0.29) is 11.8 Å². The Morgan fingerprint density at radius 1 is 0.542 bits per heavy atom. The fourth-order valence-corrected chi connectivity index (χ4v) is 7.29. The lowest BCUT2D eigenvalue weighted by atomic mass is 9.93. The number of hydrogen-bond acceptors (Lipinski definition) is 4. The molecule has 2 aliphatic heterocycles. The summed E-state index contributed by atoms with van der Waals surface area (Å²) in [5.74, 6) is -1.17. The summed E-state index contributed by atoms with van der Waals surface area (Å²) in [7, 11) is 0. The highest BCUT2D eigenvalue weighted by atomic mass is 16.4. The Morgan fingerprint density at radius 2 is 0.875 bits per heavy atom. The molecule has 2 amide bonds. The lowest BCUT2D eigenvalue weighted by molar-refractivity contribution is -0.146. The van der Waals surface area contributed by atoms with Crippen molar-refractivity contribution in [2.45, 2.75) is 213 Å². The molecule has 0 aromatic rings. The Bertz CT molecular complexity index is 865. The largest absolute Gasteiger partial charge is 0.480 e. The van der Waals surface area contributed by atoms with Crippen LogP contribution in [-0.2, 0) is 19.2 Å². The molecule has 2 aliphatic rings. The van der Waals surface area contributed by atoms with Gasteiger partial charge in [0.05, 0.1) is 0 Å². The summed E-state index contributed by atoms with van der Waals surface area (Å²) in [4.78, 5) is 49.6. The van der Waals surface area contributed by atoms with Crippen LogP contribution >= 0.6 is 0 Å². The highest BCUT2D eigenvalue weighted by Crippen LogP contribution is 2.26. The van der Waals surface area contributed by atoms with Gasteiger partial charge >= 0.3 is 11.9 Å². The first-order valence-electron chi connectivity index (χ1n) is 20.3. The van der Waals surface area contributed by atoms with E-state index < -0.39 is 24.0 Å². The fourth-order valence-electron chi connectivity index (χ4n) is 7.29. The molecule has 3 unspecified atom stereocenters. The van der Waals surface area contributed by atoms with Gasteiger partial charge < -0.3 is 20.0 Å². The number of hydrogen-bond donors (Lipinski definition) is 2. The molecule has 2 fully saturated rings. The number of aliphatic carboxylic acids is 2. The van der Waals surface area contributed by atoms with E-state index in [2.05, 4.69) is 20.8 Å². The average molecular weight is 679 g/mol. The van der Waals surface area contributed by atoms with Crippen molar-refractivity contribution >= 4 is 23.8 Å². The molecule has 2 heterocycles. The van der Waals surface area contributed by atoms with Crippen LogP contribution in [0.2, 0.25) is 0 Å². The second kappa shape index (κ2) is 28.7. The average Bonchev–Trinajstić information content (AvgIpc) is 3.63. The number of unbranched alkanes of at least 4 members (excludes halogenated alkanes) is 19. The Labute approximate surface area is 294 Å². The summed E-state index contributed by atoms with van der Waals surface area (Å²) in [6.45, 7) is 7.98. The summed E-state index contributed by atoms with van der Waals surface area (Å²) in [5.41, 5.74) is 0. The SMILES string of the molecule is CCCCCCCCCCC(CCCCCCCC)CN1C(=O)CCC1C(=O)O.CCCCCCCCCCN1C(=O)CCC1C(=O)O. The second-order valence-electron chi connectivity index (χ2n) is 14.6. The van der Waals surface area contributed by atoms with Crippen LogP contribution in [0.5, 0.6) is 0 Å². The van der Waals surface area contributed by atoms with E-state index in [9.17, 15) is 24.3 Å². The minimum atomic E-state index is -0.856. The molecule has 8 nitrogen and oxygen atoms in total. The van der Waals surface area contributed by atoms with Gasteiger partial charge in [0.25, 0.3) is 0 Å². The molecule has 0 aromatic heterocycles. The Balaban J connectivity index is 0.000000524. The summed E-state index contributed by atoms with van der Waals surface area (Å²) in [6.07, 6.45) is 32.0. The maximum Gasteiger partial charge on any atom is 0.326 e. The van der Waals surface area contributed by atoms with Crippen molar-refractivity contribution in [3.8, 4) is 0 Å². The Morgan fingerprint density at radius 3 is 1.27 bits per heavy atom. The number of rotatable bonds is 29. The Hall–Kier alpha value is -2.12. The molecule has 0 bridgehead atoms. The van der Waals surface area contributed by atoms with Crippen LogP contribution in [0.4, 0.5) is 0 Å². The molecular formula is C40H74N2O6. The van der Waals surface area contributed by atoms with Gasteiger partial charge in [-0.25, -0.2) is 9.59 Å². The number of carboxylic acid groups (broad SMARTS) is 2. The zero-order chi connectivity index (χ0) is 35.4. The van der Waals surface area contributed by atoms with Crippen LogP contribution in [0.25, 0.3) is 0 Å². The van der Waals surface area contributed by atoms with Gasteiger partial charge in [-0.1, -0.05) is 156 Å². The first-order valence-corrected chi connectivity index (χ1v) is 20.3. The quantitative estimate of drug-likeness (QED) is 0.0761. The molecule has 280 valence electrons. The van der Waals surface area contributed by atoms with Gasteiger partial charge in [-0.15, -0.1) is 0 Å². The van der Waals surface area contributed by atoms with E-state index >= 15 is 0 Å². The zero-order valence-corrected chi connectivity index (χ0v) is 31.4. The van der Waals surface area contributed by atoms with E-state index in [1.54, 1.807) is 9.80 Å². The molecule has 0 saturated carbocycles. The third kappa shape index (κ3) is 19.8. The van der Waals surface area contributed by atoms with Crippen LogP contribution in [-0.4, -0.2) is 68.9 Å². The Kier molecular flexibility index (Phi) is 26.2. The van der Waals surface area contributed by atoms with E-state index in [1.165, 1.54) is 128 Å². The first kappa shape index (κ1) is 43.9. The summed E-state index contributed by atoms with van der Waals surface area (Å²) in [6, 6.07) is -1.16. The highest BCUT2D eigenvalue weighted by Gasteiger charge is 2.37. The fraction of sp³-hybridized carbons (Fsp3) is 0.900. The number of carboxylic acids is 2. The third-order valence-corrected chi connectivity index (χ3v) is 10.4. The van der Waals surface area contributed by atoms with Crippen LogP contribution < -0.4 is 0 Å². The standard InChI is InChI=1S/C25H47NO3.C15H27NO3/c1-3-5-7-9-11-12-14-16-18-22(17-15-13-10-8-6-4-2)21-26-23(25(28)29)19-20-24(26)27;1-2-3-4-5-6-7-8-9-12-16-13(15(18)19)10-11-14(16)17/h22-23H,3-21H2,1-2H3,(H,28,29);13H,2-12H2,1H3,(H,18,19). The van der Waals surface area contributed by atoms with Crippen molar-refractivity contribution in [3.63, 3.8) is 0 Å². The van der Waals surface area contributed by atoms with Gasteiger partial charge in [-0.2, -0.15) is 0 Å². The van der Waals surface area contributed by atoms with Crippen molar-refractivity contribution in [1.29, 1.82) is 0 Å². The minimum Gasteiger partial charge on any atom is -0.480 e. The van der Waals surface area contributed by atoms with Crippen molar-refractivity contribution in [2.75, 3.05) is 13.1 Å². The summed E-state index contributed by atoms with van der Waals surface area (Å²) in [5, 5.41) is 18.5. The van der Waals surface area contributed by atoms with Gasteiger partial charge in [0.2, 0.25) is 11.8 Å². The molecule has 8 heteroatoms. The van der Waals surface area contributed by atoms with Gasteiger partial charge in [-0.05, 0) is 38.0 Å². The van der Waals surface area contributed by atoms with Crippen LogP contribution in [0.1, 0.15) is 201 Å². The van der Waals surface area contributed by atoms with Crippen LogP contribution in [0.15, 0.2) is 0 Å². The smallest absolute Gasteiger partial charge is 0.326 e. The molecule has 0 radical (unpaired) electrons. The zero-order valence-electron chi connectivity index (χ0n) is 31.4. The van der Waals surface area contributed by atoms with Gasteiger partial charge in [0.1, 0.15) is 12.1 Å². The van der Waals surface area contributed by atoms with E-state index in [0.29, 0.717) is 44.7 Å². The molecule has 0 aromatic carbocycles. The van der Waals surface area contributed by atoms with Crippen molar-refractivity contribution in [1.82, 2.24) is 9.80 Å². The van der Waals surface area contributed by atoms with E-state index in [4.69, 9.17) is 5.11 Å². The first-order chi connectivity index (χ1) is 23.3. The predicted molar refractivity (Wildman–Crippen MR) is 196 cm³/mol. The predicted octanol–water partition coefficient (Wildman–Crippen LogP) is 10.2. The maximum absolute atomic E-state index is 12.2. The number of carbonyl (C=O) groups is 4. The molecule has 48 heavy (non-hydrogen) atoms. The summed E-state index contributed by atoms with van der Waals surface area (Å²) < 4.78 is 0. The molecule has 0 aliphatic carbocycles. The van der Waals surface area contributed by atoms with Crippen molar-refractivity contribution < 1.29 is 29.4 Å². The maximum atomic E-state index is 12.2. The van der Waals surface area contributed by atoms with Crippen molar-refractivity contribution in [3.05, 3.63) is 0 Å². The molecule has 0 spiro atoms. The molecule has 2 rings (SSSR count). The number of nitrogens with zero attached hydrogens (tertiary/aromatic N) is 2. The van der Waals surface area contributed by atoms with Crippen molar-refractivity contribution in [2.24, 2.45) is 5.92 Å². The van der Waals surface area contributed by atoms with Gasteiger partial charge in [0.15, 0.2) is 0 Å². The molecule has 3 atom stereocenters. The van der Waals surface area contributed by atoms with Crippen LogP contribution in [0.3, 0.4) is 0 Å². The highest BCUT2D eigenvalue weighted by molar-refractivity contribution is 5.88. The minimum absolute atomic E-state index is 0.00958. The topological polar surface area (TPSA) is 115 Å². The second-order valence-corrected chi connectivity index (χ2v) is 14.6. The van der Waals surface area contributed by atoms with Gasteiger partial charge in [0, 0.05) is 25.9 Å². The molecular weight excluding hydrogens is 604 g/mol.